The number of hydrogen-bond donors (Lipinski definition) is 3. The second-order valence-electron chi connectivity index (χ2n) is 9.74. The third-order valence-corrected chi connectivity index (χ3v) is 7.27. The Bertz CT molecular complexity index is 1120. The fourth-order valence-electron chi connectivity index (χ4n) is 4.98. The summed E-state index contributed by atoms with van der Waals surface area (Å²) in [6.45, 7) is 4.45. The van der Waals surface area contributed by atoms with Gasteiger partial charge in [0.2, 0.25) is 17.7 Å². The fraction of sp³-hybridized carbons (Fsp3) is 0.414. The molecule has 3 N–H and O–H groups in total. The third kappa shape index (κ3) is 6.20. The second kappa shape index (κ2) is 12.1. The van der Waals surface area contributed by atoms with Crippen molar-refractivity contribution in [1.29, 1.82) is 0 Å². The van der Waals surface area contributed by atoms with Gasteiger partial charge in [-0.1, -0.05) is 62.7 Å². The van der Waals surface area contributed by atoms with Crippen LogP contribution in [0.4, 0.5) is 0 Å². The van der Waals surface area contributed by atoms with Crippen molar-refractivity contribution in [2.45, 2.75) is 57.3 Å². The van der Waals surface area contributed by atoms with Crippen molar-refractivity contribution in [3.05, 3.63) is 71.9 Å². The largest absolute Gasteiger partial charge is 0.488 e. The number of benzene rings is 2. The van der Waals surface area contributed by atoms with E-state index in [1.165, 1.54) is 0 Å². The first-order valence-electron chi connectivity index (χ1n) is 13.0. The Morgan fingerprint density at radius 1 is 1.11 bits per heavy atom. The van der Waals surface area contributed by atoms with E-state index >= 15 is 0 Å². The maximum Gasteiger partial charge on any atom is 0.247 e. The molecule has 1 fully saturated rings. The van der Waals surface area contributed by atoms with Crippen LogP contribution in [0.15, 0.2) is 60.8 Å². The molecule has 0 radical (unpaired) electrons. The van der Waals surface area contributed by atoms with Gasteiger partial charge in [0.05, 0.1) is 6.04 Å². The zero-order chi connectivity index (χ0) is 26.4. The minimum absolute atomic E-state index is 0.0926. The molecule has 3 aliphatic rings. The Labute approximate surface area is 218 Å². The van der Waals surface area contributed by atoms with Gasteiger partial charge in [-0.25, -0.2) is 0 Å². The molecule has 196 valence electrons. The molecule has 8 nitrogen and oxygen atoms in total. The summed E-state index contributed by atoms with van der Waals surface area (Å²) in [5.41, 5.74) is 1.82. The van der Waals surface area contributed by atoms with Crippen LogP contribution < -0.4 is 20.7 Å². The van der Waals surface area contributed by atoms with Gasteiger partial charge in [-0.15, -0.1) is 0 Å². The number of hydrogen-bond acceptors (Lipinski definition) is 5. The molecule has 3 amide bonds. The van der Waals surface area contributed by atoms with Gasteiger partial charge in [0.1, 0.15) is 23.9 Å². The van der Waals surface area contributed by atoms with Crippen LogP contribution in [0.5, 0.6) is 5.75 Å². The number of likely N-dealkylation sites (N-methyl/N-ethyl adjacent to an activating group) is 1. The summed E-state index contributed by atoms with van der Waals surface area (Å²) in [7, 11) is 1.77. The highest BCUT2D eigenvalue weighted by Gasteiger charge is 2.46. The maximum absolute atomic E-state index is 13.8. The van der Waals surface area contributed by atoms with E-state index in [1.54, 1.807) is 24.2 Å². The van der Waals surface area contributed by atoms with Gasteiger partial charge < -0.3 is 25.6 Å². The van der Waals surface area contributed by atoms with E-state index in [4.69, 9.17) is 4.74 Å². The van der Waals surface area contributed by atoms with Crippen molar-refractivity contribution in [2.24, 2.45) is 5.92 Å². The van der Waals surface area contributed by atoms with Crippen LogP contribution in [0.2, 0.25) is 0 Å². The Kier molecular flexibility index (Phi) is 8.61. The summed E-state index contributed by atoms with van der Waals surface area (Å²) in [6.07, 6.45) is 4.48. The Hall–Kier alpha value is -3.65. The van der Waals surface area contributed by atoms with Crippen LogP contribution in [0, 0.1) is 5.92 Å². The number of nitrogens with one attached hydrogen (secondary N) is 3. The zero-order valence-corrected chi connectivity index (χ0v) is 21.6. The number of amides is 3. The highest BCUT2D eigenvalue weighted by molar-refractivity contribution is 5.94. The smallest absolute Gasteiger partial charge is 0.247 e. The minimum Gasteiger partial charge on any atom is -0.488 e. The first-order valence-corrected chi connectivity index (χ1v) is 13.0. The third-order valence-electron chi connectivity index (χ3n) is 7.27. The first kappa shape index (κ1) is 26.4. The lowest BCUT2D eigenvalue weighted by molar-refractivity contribution is -0.143. The predicted molar refractivity (Wildman–Crippen MR) is 143 cm³/mol. The number of ether oxygens (including phenoxy) is 1. The maximum atomic E-state index is 13.8. The quantitative estimate of drug-likeness (QED) is 0.561. The highest BCUT2D eigenvalue weighted by Crippen LogP contribution is 2.27. The van der Waals surface area contributed by atoms with Crippen LogP contribution in [-0.2, 0) is 20.8 Å². The molecule has 3 heterocycles. The lowest BCUT2D eigenvalue weighted by atomic mass is 9.97. The summed E-state index contributed by atoms with van der Waals surface area (Å²) in [4.78, 5) is 42.3. The molecule has 0 aliphatic carbocycles. The van der Waals surface area contributed by atoms with Crippen LogP contribution >= 0.6 is 0 Å². The molecule has 3 aliphatic heterocycles. The number of fused-ring (bicyclic) bond motifs is 7. The van der Waals surface area contributed by atoms with E-state index in [1.807, 2.05) is 68.4 Å². The van der Waals surface area contributed by atoms with Gasteiger partial charge in [-0.05, 0) is 42.3 Å². The SMILES string of the molecule is CC[C@H](C)[C@H](NC)C(=O)N1CC[C@H]2Oc3ccc(cc3)C=CNC(=O)[C@H](Cc3ccccc3)NC(=O)[C@@H]21. The monoisotopic (exact) mass is 504 g/mol. The van der Waals surface area contributed by atoms with E-state index in [0.29, 0.717) is 25.1 Å². The Morgan fingerprint density at radius 2 is 1.84 bits per heavy atom. The minimum atomic E-state index is -0.864. The van der Waals surface area contributed by atoms with E-state index in [2.05, 4.69) is 16.0 Å². The van der Waals surface area contributed by atoms with E-state index in [-0.39, 0.29) is 17.7 Å². The van der Waals surface area contributed by atoms with Crippen molar-refractivity contribution in [1.82, 2.24) is 20.9 Å². The van der Waals surface area contributed by atoms with Gasteiger partial charge in [-0.3, -0.25) is 14.4 Å². The molecule has 37 heavy (non-hydrogen) atoms. The molecule has 1 saturated heterocycles. The molecule has 0 unspecified atom stereocenters. The molecule has 2 aromatic carbocycles. The summed E-state index contributed by atoms with van der Waals surface area (Å²) in [5, 5.41) is 8.87. The zero-order valence-electron chi connectivity index (χ0n) is 21.6. The number of likely N-dealkylation sites (tertiary alicyclic amines) is 1. The summed E-state index contributed by atoms with van der Waals surface area (Å²) in [6, 6.07) is 14.9. The average Bonchev–Trinajstić information content (AvgIpc) is 3.33. The fourth-order valence-corrected chi connectivity index (χ4v) is 4.98. The molecular weight excluding hydrogens is 468 g/mol. The van der Waals surface area contributed by atoms with Gasteiger partial charge >= 0.3 is 0 Å². The number of nitrogens with zero attached hydrogens (tertiary/aromatic N) is 1. The summed E-state index contributed by atoms with van der Waals surface area (Å²) < 4.78 is 6.27. The molecule has 0 spiro atoms. The summed E-state index contributed by atoms with van der Waals surface area (Å²) >= 11 is 0. The molecule has 2 aromatic rings. The van der Waals surface area contributed by atoms with Crippen LogP contribution in [0.3, 0.4) is 0 Å². The van der Waals surface area contributed by atoms with Gasteiger partial charge in [0.15, 0.2) is 0 Å². The molecule has 8 heteroatoms. The van der Waals surface area contributed by atoms with Crippen molar-refractivity contribution >= 4 is 23.8 Å². The number of carbonyl (C=O) groups is 3. The lowest BCUT2D eigenvalue weighted by Crippen LogP contribution is -2.59. The van der Waals surface area contributed by atoms with Crippen molar-refractivity contribution < 1.29 is 19.1 Å². The Balaban J connectivity index is 1.68. The molecular formula is C29H36N4O4. The Morgan fingerprint density at radius 3 is 2.51 bits per heavy atom. The van der Waals surface area contributed by atoms with Gasteiger partial charge in [0, 0.05) is 25.6 Å². The van der Waals surface area contributed by atoms with Crippen molar-refractivity contribution in [3.8, 4) is 5.75 Å². The number of carbonyl (C=O) groups excluding carboxylic acids is 3. The predicted octanol–water partition coefficient (Wildman–Crippen LogP) is 2.50. The summed E-state index contributed by atoms with van der Waals surface area (Å²) in [5.74, 6) is -0.142. The van der Waals surface area contributed by atoms with Crippen LogP contribution in [0.25, 0.3) is 6.08 Å². The molecule has 0 saturated carbocycles. The normalized spacial score (nSPS) is 23.3. The van der Waals surface area contributed by atoms with Crippen molar-refractivity contribution in [2.75, 3.05) is 13.6 Å². The lowest BCUT2D eigenvalue weighted by Gasteiger charge is -2.33. The standard InChI is InChI=1S/C29H36N4O4/c1-4-19(2)25(30-3)29(36)33-17-15-24-26(33)28(35)32-23(18-21-8-6-5-7-9-21)27(34)31-16-14-20-10-12-22(37-24)13-11-20/h5-14,16,19,23-26,30H,4,15,17-18H2,1-3H3,(H,31,34)(H,32,35)/t19-,23-,24+,25-,26+/m0/s1. The molecule has 2 bridgehead atoms. The number of rotatable bonds is 6. The molecule has 0 aromatic heterocycles. The average molecular weight is 505 g/mol. The van der Waals surface area contributed by atoms with Crippen LogP contribution in [-0.4, -0.2) is 60.4 Å². The van der Waals surface area contributed by atoms with E-state index < -0.39 is 30.1 Å². The highest BCUT2D eigenvalue weighted by atomic mass is 16.5. The molecule has 5 rings (SSSR count). The van der Waals surface area contributed by atoms with Crippen molar-refractivity contribution in [3.63, 3.8) is 0 Å². The topological polar surface area (TPSA) is 99.8 Å². The van der Waals surface area contributed by atoms with E-state index in [0.717, 1.165) is 17.5 Å². The van der Waals surface area contributed by atoms with E-state index in [9.17, 15) is 14.4 Å². The van der Waals surface area contributed by atoms with Crippen LogP contribution in [0.1, 0.15) is 37.8 Å². The second-order valence-corrected chi connectivity index (χ2v) is 9.74. The van der Waals surface area contributed by atoms with Gasteiger partial charge in [0.25, 0.3) is 0 Å². The van der Waals surface area contributed by atoms with Gasteiger partial charge in [-0.2, -0.15) is 0 Å². The first-order chi connectivity index (χ1) is 17.9. The molecule has 5 atom stereocenters.